The fourth-order valence-corrected chi connectivity index (χ4v) is 1.68. The second-order valence-electron chi connectivity index (χ2n) is 3.12. The Kier molecular flexibility index (Phi) is 5.66. The van der Waals surface area contributed by atoms with Crippen LogP contribution in [0.25, 0.3) is 0 Å². The summed E-state index contributed by atoms with van der Waals surface area (Å²) in [6.07, 6.45) is -0.802. The zero-order valence-electron chi connectivity index (χ0n) is 9.40. The van der Waals surface area contributed by atoms with Crippen molar-refractivity contribution in [3.63, 3.8) is 0 Å². The lowest BCUT2D eigenvalue weighted by atomic mass is 10.1. The highest BCUT2D eigenvalue weighted by molar-refractivity contribution is 9.10. The van der Waals surface area contributed by atoms with E-state index in [1.165, 1.54) is 0 Å². The SMILES string of the molecule is CCOC(OCC)C(=O)c1cccc(Br)c1. The van der Waals surface area contributed by atoms with Crippen LogP contribution in [0.1, 0.15) is 24.2 Å². The van der Waals surface area contributed by atoms with Gasteiger partial charge in [-0.2, -0.15) is 0 Å². The molecule has 0 saturated carbocycles. The first kappa shape index (κ1) is 13.4. The van der Waals surface area contributed by atoms with Crippen molar-refractivity contribution < 1.29 is 14.3 Å². The molecule has 0 radical (unpaired) electrons. The first-order valence-corrected chi connectivity index (χ1v) is 6.01. The van der Waals surface area contributed by atoms with Gasteiger partial charge in [-0.05, 0) is 26.0 Å². The predicted molar refractivity (Wildman–Crippen MR) is 65.5 cm³/mol. The van der Waals surface area contributed by atoms with Crippen molar-refractivity contribution >= 4 is 21.7 Å². The van der Waals surface area contributed by atoms with Crippen LogP contribution >= 0.6 is 15.9 Å². The Morgan fingerprint density at radius 2 is 1.94 bits per heavy atom. The smallest absolute Gasteiger partial charge is 0.222 e. The standard InChI is InChI=1S/C12H15BrO3/c1-3-15-12(16-4-2)11(14)9-6-5-7-10(13)8-9/h5-8,12H,3-4H2,1-2H3. The number of carbonyl (C=O) groups excluding carboxylic acids is 1. The first-order valence-electron chi connectivity index (χ1n) is 5.22. The molecule has 1 aromatic rings. The van der Waals surface area contributed by atoms with E-state index in [4.69, 9.17) is 9.47 Å². The Bertz CT molecular complexity index is 346. The molecule has 0 heterocycles. The maximum absolute atomic E-state index is 12.0. The number of rotatable bonds is 6. The highest BCUT2D eigenvalue weighted by Crippen LogP contribution is 2.14. The van der Waals surface area contributed by atoms with Gasteiger partial charge in [0.25, 0.3) is 0 Å². The number of halogens is 1. The van der Waals surface area contributed by atoms with Crippen LogP contribution in [0, 0.1) is 0 Å². The molecular weight excluding hydrogens is 272 g/mol. The zero-order valence-corrected chi connectivity index (χ0v) is 11.0. The largest absolute Gasteiger partial charge is 0.346 e. The van der Waals surface area contributed by atoms with Gasteiger partial charge in [0.2, 0.25) is 12.1 Å². The molecule has 0 atom stereocenters. The van der Waals surface area contributed by atoms with Crippen molar-refractivity contribution in [2.45, 2.75) is 20.1 Å². The summed E-state index contributed by atoms with van der Waals surface area (Å²) in [4.78, 5) is 12.0. The highest BCUT2D eigenvalue weighted by atomic mass is 79.9. The van der Waals surface area contributed by atoms with Crippen molar-refractivity contribution in [2.75, 3.05) is 13.2 Å². The third kappa shape index (κ3) is 3.70. The Hall–Kier alpha value is -0.710. The molecule has 4 heteroatoms. The number of hydrogen-bond donors (Lipinski definition) is 0. The van der Waals surface area contributed by atoms with Gasteiger partial charge in [0.15, 0.2) is 0 Å². The van der Waals surface area contributed by atoms with Gasteiger partial charge in [0.1, 0.15) is 0 Å². The van der Waals surface area contributed by atoms with Gasteiger partial charge in [0.05, 0.1) is 0 Å². The summed E-state index contributed by atoms with van der Waals surface area (Å²) in [6.45, 7) is 4.56. The molecule has 0 unspecified atom stereocenters. The molecule has 1 aromatic carbocycles. The number of carbonyl (C=O) groups is 1. The fourth-order valence-electron chi connectivity index (χ4n) is 1.28. The van der Waals surface area contributed by atoms with Crippen molar-refractivity contribution in [1.29, 1.82) is 0 Å². The zero-order chi connectivity index (χ0) is 12.0. The Morgan fingerprint density at radius 1 is 1.31 bits per heavy atom. The van der Waals surface area contributed by atoms with Crippen LogP contribution in [0.15, 0.2) is 28.7 Å². The average molecular weight is 287 g/mol. The Labute approximate surface area is 104 Å². The third-order valence-corrected chi connectivity index (χ3v) is 2.45. The van der Waals surface area contributed by atoms with Gasteiger partial charge < -0.3 is 9.47 Å². The summed E-state index contributed by atoms with van der Waals surface area (Å²) in [5.74, 6) is -0.148. The molecule has 0 bridgehead atoms. The molecular formula is C12H15BrO3. The van der Waals surface area contributed by atoms with Gasteiger partial charge in [-0.15, -0.1) is 0 Å². The quantitative estimate of drug-likeness (QED) is 0.596. The van der Waals surface area contributed by atoms with Crippen molar-refractivity contribution in [3.8, 4) is 0 Å². The van der Waals surface area contributed by atoms with Crippen LogP contribution < -0.4 is 0 Å². The molecule has 0 amide bonds. The average Bonchev–Trinajstić information content (AvgIpc) is 2.28. The monoisotopic (exact) mass is 286 g/mol. The maximum atomic E-state index is 12.0. The van der Waals surface area contributed by atoms with Gasteiger partial charge in [-0.1, -0.05) is 28.1 Å². The summed E-state index contributed by atoms with van der Waals surface area (Å²) in [5, 5.41) is 0. The minimum absolute atomic E-state index is 0.148. The second kappa shape index (κ2) is 6.78. The van der Waals surface area contributed by atoms with Crippen LogP contribution in [0.3, 0.4) is 0 Å². The molecule has 0 N–H and O–H groups in total. The van der Waals surface area contributed by atoms with Crippen molar-refractivity contribution in [1.82, 2.24) is 0 Å². The number of benzene rings is 1. The predicted octanol–water partition coefficient (Wildman–Crippen LogP) is 3.03. The van der Waals surface area contributed by atoms with E-state index >= 15 is 0 Å². The fraction of sp³-hybridized carbons (Fsp3) is 0.417. The molecule has 0 aromatic heterocycles. The minimum atomic E-state index is -0.802. The van der Waals surface area contributed by atoms with Crippen LogP contribution in [0.5, 0.6) is 0 Å². The van der Waals surface area contributed by atoms with Crippen LogP contribution in [0.2, 0.25) is 0 Å². The van der Waals surface area contributed by atoms with E-state index in [1.807, 2.05) is 26.0 Å². The summed E-state index contributed by atoms with van der Waals surface area (Å²) >= 11 is 3.32. The maximum Gasteiger partial charge on any atom is 0.222 e. The molecule has 1 rings (SSSR count). The Morgan fingerprint density at radius 3 is 2.44 bits per heavy atom. The van der Waals surface area contributed by atoms with Crippen LogP contribution in [-0.2, 0) is 9.47 Å². The summed E-state index contributed by atoms with van der Waals surface area (Å²) in [5.41, 5.74) is 0.585. The first-order chi connectivity index (χ1) is 7.69. The molecule has 0 aliphatic heterocycles. The molecule has 0 spiro atoms. The summed E-state index contributed by atoms with van der Waals surface area (Å²) < 4.78 is 11.4. The van der Waals surface area contributed by atoms with Crippen molar-refractivity contribution in [3.05, 3.63) is 34.3 Å². The third-order valence-electron chi connectivity index (χ3n) is 1.96. The normalized spacial score (nSPS) is 10.8. The van der Waals surface area contributed by atoms with Gasteiger partial charge in [-0.25, -0.2) is 0 Å². The van der Waals surface area contributed by atoms with E-state index in [2.05, 4.69) is 15.9 Å². The molecule has 0 aliphatic carbocycles. The van der Waals surface area contributed by atoms with Crippen LogP contribution in [-0.4, -0.2) is 25.3 Å². The minimum Gasteiger partial charge on any atom is -0.346 e. The number of ether oxygens (including phenoxy) is 2. The van der Waals surface area contributed by atoms with E-state index in [-0.39, 0.29) is 5.78 Å². The van der Waals surface area contributed by atoms with Gasteiger partial charge >= 0.3 is 0 Å². The van der Waals surface area contributed by atoms with Crippen molar-refractivity contribution in [2.24, 2.45) is 0 Å². The molecule has 0 saturated heterocycles. The number of ketones is 1. The number of hydrogen-bond acceptors (Lipinski definition) is 3. The molecule has 0 aliphatic rings. The molecule has 0 fully saturated rings. The Balaban J connectivity index is 2.81. The van der Waals surface area contributed by atoms with Crippen LogP contribution in [0.4, 0.5) is 0 Å². The molecule has 88 valence electrons. The summed E-state index contributed by atoms with van der Waals surface area (Å²) in [7, 11) is 0. The number of Topliss-reactive ketones (excluding diaryl/α,β-unsaturated/α-hetero) is 1. The topological polar surface area (TPSA) is 35.5 Å². The highest BCUT2D eigenvalue weighted by Gasteiger charge is 2.20. The lowest BCUT2D eigenvalue weighted by molar-refractivity contribution is -0.107. The molecule has 3 nitrogen and oxygen atoms in total. The van der Waals surface area contributed by atoms with Gasteiger partial charge in [0, 0.05) is 23.2 Å². The van der Waals surface area contributed by atoms with E-state index in [0.29, 0.717) is 18.8 Å². The van der Waals surface area contributed by atoms with E-state index in [0.717, 1.165) is 4.47 Å². The van der Waals surface area contributed by atoms with E-state index in [1.54, 1.807) is 12.1 Å². The summed E-state index contributed by atoms with van der Waals surface area (Å²) in [6, 6.07) is 7.19. The van der Waals surface area contributed by atoms with Gasteiger partial charge in [-0.3, -0.25) is 4.79 Å². The van der Waals surface area contributed by atoms with E-state index < -0.39 is 6.29 Å². The lowest BCUT2D eigenvalue weighted by Crippen LogP contribution is -2.27. The molecule has 16 heavy (non-hydrogen) atoms. The van der Waals surface area contributed by atoms with E-state index in [9.17, 15) is 4.79 Å². The lowest BCUT2D eigenvalue weighted by Gasteiger charge is -2.15. The second-order valence-corrected chi connectivity index (χ2v) is 4.03.